The van der Waals surface area contributed by atoms with E-state index in [1.807, 2.05) is 19.1 Å². The second-order valence-electron chi connectivity index (χ2n) is 6.13. The van der Waals surface area contributed by atoms with Crippen LogP contribution in [-0.4, -0.2) is 26.6 Å². The molecule has 6 heteroatoms. The van der Waals surface area contributed by atoms with E-state index in [2.05, 4.69) is 5.32 Å². The highest BCUT2D eigenvalue weighted by Gasteiger charge is 2.36. The van der Waals surface area contributed by atoms with Crippen LogP contribution >= 0.6 is 0 Å². The van der Waals surface area contributed by atoms with Gasteiger partial charge in [0.25, 0.3) is 5.91 Å². The maximum absolute atomic E-state index is 12.5. The van der Waals surface area contributed by atoms with Gasteiger partial charge in [0, 0.05) is 11.6 Å². The third kappa shape index (κ3) is 3.59. The first kappa shape index (κ1) is 16.5. The van der Waals surface area contributed by atoms with Gasteiger partial charge in [-0.25, -0.2) is 8.42 Å². The summed E-state index contributed by atoms with van der Waals surface area (Å²) >= 11 is 0. The largest absolute Gasteiger partial charge is 0.320 e. The summed E-state index contributed by atoms with van der Waals surface area (Å²) in [5.41, 5.74) is 2.55. The van der Waals surface area contributed by atoms with Crippen LogP contribution in [0.3, 0.4) is 0 Å². The number of sulfonamides is 1. The zero-order valence-corrected chi connectivity index (χ0v) is 14.5. The molecule has 2 aromatic carbocycles. The Balaban J connectivity index is 1.93. The van der Waals surface area contributed by atoms with Crippen molar-refractivity contribution in [2.24, 2.45) is 0 Å². The molecule has 1 N–H and O–H groups in total. The molecular formula is C18H20N2O3S. The van der Waals surface area contributed by atoms with Gasteiger partial charge in [-0.3, -0.25) is 9.10 Å². The summed E-state index contributed by atoms with van der Waals surface area (Å²) in [5, 5.41) is 2.84. The predicted octanol–water partition coefficient (Wildman–Crippen LogP) is 3.18. The van der Waals surface area contributed by atoms with Crippen LogP contribution in [-0.2, 0) is 10.0 Å². The minimum atomic E-state index is -3.40. The Morgan fingerprint density at radius 3 is 2.46 bits per heavy atom. The van der Waals surface area contributed by atoms with E-state index in [0.717, 1.165) is 18.4 Å². The van der Waals surface area contributed by atoms with Gasteiger partial charge < -0.3 is 5.32 Å². The number of amides is 1. The van der Waals surface area contributed by atoms with Crippen molar-refractivity contribution in [2.75, 3.05) is 15.9 Å². The molecule has 0 atom stereocenters. The van der Waals surface area contributed by atoms with Crippen LogP contribution in [0.4, 0.5) is 11.4 Å². The normalized spacial score (nSPS) is 14.2. The zero-order valence-electron chi connectivity index (χ0n) is 13.7. The summed E-state index contributed by atoms with van der Waals surface area (Å²) in [5.74, 6) is -0.254. The molecule has 0 unspecified atom stereocenters. The van der Waals surface area contributed by atoms with Crippen LogP contribution in [0.2, 0.25) is 0 Å². The number of hydrogen-bond donors (Lipinski definition) is 1. The summed E-state index contributed by atoms with van der Waals surface area (Å²) in [6.45, 7) is 1.92. The Hall–Kier alpha value is -2.34. The van der Waals surface area contributed by atoms with Crippen molar-refractivity contribution in [3.8, 4) is 0 Å². The first-order valence-corrected chi connectivity index (χ1v) is 9.67. The number of rotatable bonds is 5. The van der Waals surface area contributed by atoms with Crippen LogP contribution in [0, 0.1) is 6.92 Å². The Morgan fingerprint density at radius 1 is 1.12 bits per heavy atom. The SMILES string of the molecule is Cc1cccc(C(=O)Nc2ccccc2N(C2CC2)S(C)(=O)=O)c1. The lowest BCUT2D eigenvalue weighted by atomic mass is 10.1. The van der Waals surface area contributed by atoms with Crippen molar-refractivity contribution in [3.05, 3.63) is 59.7 Å². The first-order valence-electron chi connectivity index (χ1n) is 7.83. The second kappa shape index (κ2) is 6.28. The number of carbonyl (C=O) groups excluding carboxylic acids is 1. The molecule has 0 saturated heterocycles. The molecule has 1 fully saturated rings. The van der Waals surface area contributed by atoms with Crippen LogP contribution < -0.4 is 9.62 Å². The fraction of sp³-hybridized carbons (Fsp3) is 0.278. The third-order valence-electron chi connectivity index (χ3n) is 3.91. The quantitative estimate of drug-likeness (QED) is 0.906. The van der Waals surface area contributed by atoms with Crippen molar-refractivity contribution in [1.82, 2.24) is 0 Å². The van der Waals surface area contributed by atoms with Gasteiger partial charge >= 0.3 is 0 Å². The maximum atomic E-state index is 12.5. The molecule has 0 aliphatic heterocycles. The van der Waals surface area contributed by atoms with Crippen molar-refractivity contribution in [1.29, 1.82) is 0 Å². The molecule has 2 aromatic rings. The molecule has 0 heterocycles. The third-order valence-corrected chi connectivity index (χ3v) is 5.12. The average Bonchev–Trinajstić information content (AvgIpc) is 3.32. The highest BCUT2D eigenvalue weighted by molar-refractivity contribution is 7.92. The van der Waals surface area contributed by atoms with Gasteiger partial charge in [0.15, 0.2) is 0 Å². The summed E-state index contributed by atoms with van der Waals surface area (Å²) in [6.07, 6.45) is 2.88. The van der Waals surface area contributed by atoms with E-state index in [1.54, 1.807) is 36.4 Å². The standard InChI is InChI=1S/C18H20N2O3S/c1-13-6-5-7-14(12-13)18(21)19-16-8-3-4-9-17(16)20(15-10-11-15)24(2,22)23/h3-9,12,15H,10-11H2,1-2H3,(H,19,21). The Morgan fingerprint density at radius 2 is 1.83 bits per heavy atom. The van der Waals surface area contributed by atoms with Gasteiger partial charge in [-0.1, -0.05) is 29.8 Å². The van der Waals surface area contributed by atoms with Crippen LogP contribution in [0.1, 0.15) is 28.8 Å². The van der Waals surface area contributed by atoms with Crippen LogP contribution in [0.25, 0.3) is 0 Å². The van der Waals surface area contributed by atoms with E-state index < -0.39 is 10.0 Å². The number of benzene rings is 2. The molecule has 1 aliphatic carbocycles. The van der Waals surface area contributed by atoms with Gasteiger partial charge in [0.05, 0.1) is 17.6 Å². The van der Waals surface area contributed by atoms with Gasteiger partial charge in [-0.15, -0.1) is 0 Å². The molecule has 5 nitrogen and oxygen atoms in total. The van der Waals surface area contributed by atoms with Gasteiger partial charge in [0.1, 0.15) is 0 Å². The Labute approximate surface area is 142 Å². The molecule has 0 spiro atoms. The lowest BCUT2D eigenvalue weighted by Gasteiger charge is -2.24. The molecule has 1 aliphatic rings. The molecular weight excluding hydrogens is 324 g/mol. The van der Waals surface area contributed by atoms with E-state index in [1.165, 1.54) is 10.6 Å². The second-order valence-corrected chi connectivity index (χ2v) is 7.99. The molecule has 0 radical (unpaired) electrons. The van der Waals surface area contributed by atoms with E-state index >= 15 is 0 Å². The van der Waals surface area contributed by atoms with Crippen molar-refractivity contribution in [2.45, 2.75) is 25.8 Å². The van der Waals surface area contributed by atoms with Crippen LogP contribution in [0.5, 0.6) is 0 Å². The van der Waals surface area contributed by atoms with E-state index in [4.69, 9.17) is 0 Å². The fourth-order valence-electron chi connectivity index (χ4n) is 2.71. The molecule has 1 amide bonds. The monoisotopic (exact) mass is 344 g/mol. The minimum absolute atomic E-state index is 0.0166. The fourth-order valence-corrected chi connectivity index (χ4v) is 3.98. The Bertz CT molecular complexity index is 873. The number of aryl methyl sites for hydroxylation is 1. The lowest BCUT2D eigenvalue weighted by Crippen LogP contribution is -2.33. The molecule has 3 rings (SSSR count). The lowest BCUT2D eigenvalue weighted by molar-refractivity contribution is 0.102. The summed E-state index contributed by atoms with van der Waals surface area (Å²) in [4.78, 5) is 12.5. The molecule has 0 aromatic heterocycles. The number of para-hydroxylation sites is 2. The van der Waals surface area contributed by atoms with Crippen molar-refractivity contribution in [3.63, 3.8) is 0 Å². The smallest absolute Gasteiger partial charge is 0.255 e. The molecule has 0 bridgehead atoms. The topological polar surface area (TPSA) is 66.5 Å². The van der Waals surface area contributed by atoms with Crippen molar-refractivity contribution >= 4 is 27.3 Å². The first-order chi connectivity index (χ1) is 11.4. The van der Waals surface area contributed by atoms with Gasteiger partial charge in [-0.05, 0) is 44.0 Å². The minimum Gasteiger partial charge on any atom is -0.320 e. The summed E-state index contributed by atoms with van der Waals surface area (Å²) < 4.78 is 25.8. The van der Waals surface area contributed by atoms with Crippen molar-refractivity contribution < 1.29 is 13.2 Å². The number of anilines is 2. The molecule has 24 heavy (non-hydrogen) atoms. The van der Waals surface area contributed by atoms with E-state index in [9.17, 15) is 13.2 Å². The average molecular weight is 344 g/mol. The molecule has 1 saturated carbocycles. The Kier molecular flexibility index (Phi) is 4.32. The zero-order chi connectivity index (χ0) is 17.3. The predicted molar refractivity (Wildman–Crippen MR) is 95.9 cm³/mol. The number of nitrogens with zero attached hydrogens (tertiary/aromatic N) is 1. The highest BCUT2D eigenvalue weighted by Crippen LogP contribution is 2.37. The van der Waals surface area contributed by atoms with E-state index in [-0.39, 0.29) is 11.9 Å². The van der Waals surface area contributed by atoms with Gasteiger partial charge in [-0.2, -0.15) is 0 Å². The summed E-state index contributed by atoms with van der Waals surface area (Å²) in [6, 6.07) is 14.3. The molecule has 126 valence electrons. The summed E-state index contributed by atoms with van der Waals surface area (Å²) in [7, 11) is -3.40. The van der Waals surface area contributed by atoms with Gasteiger partial charge in [0.2, 0.25) is 10.0 Å². The maximum Gasteiger partial charge on any atom is 0.255 e. The highest BCUT2D eigenvalue weighted by atomic mass is 32.2. The number of hydrogen-bond acceptors (Lipinski definition) is 3. The number of nitrogens with one attached hydrogen (secondary N) is 1. The van der Waals surface area contributed by atoms with Crippen LogP contribution in [0.15, 0.2) is 48.5 Å². The number of carbonyl (C=O) groups is 1. The van der Waals surface area contributed by atoms with E-state index in [0.29, 0.717) is 16.9 Å².